The Morgan fingerprint density at radius 1 is 0.964 bits per heavy atom. The zero-order valence-corrected chi connectivity index (χ0v) is 16.9. The molecule has 0 heterocycles. The largest absolute Gasteiger partial charge is 0.466 e. The van der Waals surface area contributed by atoms with Gasteiger partial charge < -0.3 is 4.74 Å². The molecule has 0 aliphatic carbocycles. The second-order valence-corrected chi connectivity index (χ2v) is 8.15. The van der Waals surface area contributed by atoms with E-state index < -0.39 is 10.0 Å². The van der Waals surface area contributed by atoms with Crippen LogP contribution in [-0.2, 0) is 26.0 Å². The highest BCUT2D eigenvalue weighted by Gasteiger charge is 2.13. The summed E-state index contributed by atoms with van der Waals surface area (Å²) < 4.78 is 31.9. The molecule has 1 N–H and O–H groups in total. The Bertz CT molecular complexity index is 903. The molecule has 0 unspecified atom stereocenters. The molecular formula is C21H25NO5S. The van der Waals surface area contributed by atoms with Gasteiger partial charge in [-0.05, 0) is 38.0 Å². The highest BCUT2D eigenvalue weighted by atomic mass is 32.2. The van der Waals surface area contributed by atoms with Crippen LogP contribution >= 0.6 is 0 Å². The van der Waals surface area contributed by atoms with Crippen LogP contribution in [-0.4, -0.2) is 33.3 Å². The third-order valence-corrected chi connectivity index (χ3v) is 5.65. The maximum absolute atomic E-state index is 12.3. The third kappa shape index (κ3) is 6.58. The summed E-state index contributed by atoms with van der Waals surface area (Å²) >= 11 is 0. The predicted molar refractivity (Wildman–Crippen MR) is 107 cm³/mol. The van der Waals surface area contributed by atoms with Crippen LogP contribution in [0.2, 0.25) is 0 Å². The van der Waals surface area contributed by atoms with Gasteiger partial charge in [0.25, 0.3) is 0 Å². The number of hydrogen-bond donors (Lipinski definition) is 1. The lowest BCUT2D eigenvalue weighted by Crippen LogP contribution is -2.26. The summed E-state index contributed by atoms with van der Waals surface area (Å²) in [5.74, 6) is -0.506. The Morgan fingerprint density at radius 2 is 1.61 bits per heavy atom. The first-order chi connectivity index (χ1) is 13.3. The summed E-state index contributed by atoms with van der Waals surface area (Å²) in [7, 11) is -3.54. The summed E-state index contributed by atoms with van der Waals surface area (Å²) in [5, 5.41) is 0. The van der Waals surface area contributed by atoms with E-state index in [1.54, 1.807) is 55.5 Å². The van der Waals surface area contributed by atoms with E-state index in [4.69, 9.17) is 4.74 Å². The van der Waals surface area contributed by atoms with Gasteiger partial charge in [0.15, 0.2) is 5.78 Å². The molecule has 150 valence electrons. The molecule has 2 aromatic carbocycles. The number of ketones is 1. The van der Waals surface area contributed by atoms with Crippen molar-refractivity contribution in [1.29, 1.82) is 0 Å². The molecular weight excluding hydrogens is 378 g/mol. The molecule has 0 aliphatic rings. The van der Waals surface area contributed by atoms with Crippen LogP contribution < -0.4 is 4.72 Å². The van der Waals surface area contributed by atoms with E-state index >= 15 is 0 Å². The molecule has 2 aromatic rings. The Morgan fingerprint density at radius 3 is 2.21 bits per heavy atom. The van der Waals surface area contributed by atoms with Gasteiger partial charge in [0.1, 0.15) is 0 Å². The van der Waals surface area contributed by atoms with E-state index in [2.05, 4.69) is 4.72 Å². The first kappa shape index (κ1) is 21.8. The Kier molecular flexibility index (Phi) is 7.90. The molecule has 6 nitrogen and oxygen atoms in total. The summed E-state index contributed by atoms with van der Waals surface area (Å²) in [5.41, 5.74) is 2.43. The maximum Gasteiger partial charge on any atom is 0.306 e. The van der Waals surface area contributed by atoms with E-state index in [0.717, 1.165) is 11.1 Å². The number of carbonyl (C=O) groups excluding carboxylic acids is 2. The average Bonchev–Trinajstić information content (AvgIpc) is 2.67. The monoisotopic (exact) mass is 403 g/mol. The van der Waals surface area contributed by atoms with Crippen molar-refractivity contribution in [1.82, 2.24) is 4.72 Å². The molecule has 0 fully saturated rings. The number of sulfonamides is 1. The minimum Gasteiger partial charge on any atom is -0.466 e. The van der Waals surface area contributed by atoms with Crippen LogP contribution in [0.25, 0.3) is 0 Å². The quantitative estimate of drug-likeness (QED) is 0.486. The molecule has 7 heteroatoms. The number of benzene rings is 2. The van der Waals surface area contributed by atoms with Gasteiger partial charge in [0.2, 0.25) is 10.0 Å². The van der Waals surface area contributed by atoms with Gasteiger partial charge in [0.05, 0.1) is 17.9 Å². The van der Waals surface area contributed by atoms with Crippen molar-refractivity contribution in [2.45, 2.75) is 38.0 Å². The number of ether oxygens (including phenoxy) is 1. The predicted octanol–water partition coefficient (Wildman–Crippen LogP) is 3.04. The van der Waals surface area contributed by atoms with Crippen LogP contribution in [0.15, 0.2) is 53.4 Å². The molecule has 0 aromatic heterocycles. The topological polar surface area (TPSA) is 89.5 Å². The molecule has 0 saturated heterocycles. The van der Waals surface area contributed by atoms with Gasteiger partial charge >= 0.3 is 5.97 Å². The van der Waals surface area contributed by atoms with Crippen LogP contribution in [0, 0.1) is 6.92 Å². The fourth-order valence-electron chi connectivity index (χ4n) is 2.58. The van der Waals surface area contributed by atoms with Crippen LogP contribution in [0.5, 0.6) is 0 Å². The highest BCUT2D eigenvalue weighted by Crippen LogP contribution is 2.11. The summed E-state index contributed by atoms with van der Waals surface area (Å²) in [6, 6.07) is 13.6. The standard InChI is InChI=1S/C21H25NO5S/c1-3-27-21(24)13-12-20(23)18-8-6-17(7-9-18)14-15-22-28(25,26)19-10-4-16(2)5-11-19/h4-11,22H,3,12-15H2,1-2H3. The summed E-state index contributed by atoms with van der Waals surface area (Å²) in [6.45, 7) is 4.18. The lowest BCUT2D eigenvalue weighted by molar-refractivity contribution is -0.143. The van der Waals surface area contributed by atoms with Gasteiger partial charge in [-0.1, -0.05) is 42.0 Å². The molecule has 0 bridgehead atoms. The summed E-state index contributed by atoms with van der Waals surface area (Å²) in [4.78, 5) is 23.6. The van der Waals surface area contributed by atoms with Crippen LogP contribution in [0.1, 0.15) is 41.3 Å². The highest BCUT2D eigenvalue weighted by molar-refractivity contribution is 7.89. The first-order valence-corrected chi connectivity index (χ1v) is 10.6. The fraction of sp³-hybridized carbons (Fsp3) is 0.333. The number of rotatable bonds is 10. The van der Waals surface area contributed by atoms with Gasteiger partial charge in [-0.3, -0.25) is 9.59 Å². The fourth-order valence-corrected chi connectivity index (χ4v) is 3.61. The van der Waals surface area contributed by atoms with Crippen molar-refractivity contribution in [3.63, 3.8) is 0 Å². The molecule has 0 spiro atoms. The van der Waals surface area contributed by atoms with Gasteiger partial charge in [0, 0.05) is 18.5 Å². The van der Waals surface area contributed by atoms with E-state index in [-0.39, 0.29) is 36.0 Å². The van der Waals surface area contributed by atoms with Crippen molar-refractivity contribution in [2.75, 3.05) is 13.2 Å². The number of carbonyl (C=O) groups is 2. The number of aryl methyl sites for hydroxylation is 1. The van der Waals surface area contributed by atoms with E-state index in [1.807, 2.05) is 6.92 Å². The van der Waals surface area contributed by atoms with Gasteiger partial charge in [-0.2, -0.15) is 0 Å². The Labute approximate surface area is 166 Å². The average molecular weight is 404 g/mol. The smallest absolute Gasteiger partial charge is 0.306 e. The van der Waals surface area contributed by atoms with Crippen molar-refractivity contribution < 1.29 is 22.7 Å². The Hall–Kier alpha value is -2.51. The zero-order chi connectivity index (χ0) is 20.6. The van der Waals surface area contributed by atoms with Crippen molar-refractivity contribution in [3.05, 3.63) is 65.2 Å². The van der Waals surface area contributed by atoms with E-state index in [9.17, 15) is 18.0 Å². The molecule has 2 rings (SSSR count). The molecule has 0 radical (unpaired) electrons. The maximum atomic E-state index is 12.3. The molecule has 0 saturated carbocycles. The molecule has 0 atom stereocenters. The molecule has 0 amide bonds. The van der Waals surface area contributed by atoms with E-state index in [0.29, 0.717) is 18.6 Å². The van der Waals surface area contributed by atoms with Crippen molar-refractivity contribution in [3.8, 4) is 0 Å². The molecule has 28 heavy (non-hydrogen) atoms. The van der Waals surface area contributed by atoms with Crippen LogP contribution in [0.4, 0.5) is 0 Å². The van der Waals surface area contributed by atoms with Gasteiger partial charge in [-0.25, -0.2) is 13.1 Å². The minimum atomic E-state index is -3.54. The number of nitrogens with one attached hydrogen (secondary N) is 1. The lowest BCUT2D eigenvalue weighted by Gasteiger charge is -2.08. The summed E-state index contributed by atoms with van der Waals surface area (Å²) in [6.07, 6.45) is 0.673. The van der Waals surface area contributed by atoms with Crippen molar-refractivity contribution >= 4 is 21.8 Å². The number of hydrogen-bond acceptors (Lipinski definition) is 5. The van der Waals surface area contributed by atoms with Crippen molar-refractivity contribution in [2.24, 2.45) is 0 Å². The van der Waals surface area contributed by atoms with Gasteiger partial charge in [-0.15, -0.1) is 0 Å². The SMILES string of the molecule is CCOC(=O)CCC(=O)c1ccc(CCNS(=O)(=O)c2ccc(C)cc2)cc1. The number of Topliss-reactive ketones (excluding diaryl/α,β-unsaturated/α-hetero) is 1. The third-order valence-electron chi connectivity index (χ3n) is 4.17. The van der Waals surface area contributed by atoms with E-state index in [1.165, 1.54) is 0 Å². The second-order valence-electron chi connectivity index (χ2n) is 6.39. The first-order valence-electron chi connectivity index (χ1n) is 9.16. The minimum absolute atomic E-state index is 0.0647. The normalized spacial score (nSPS) is 11.2. The second kappa shape index (κ2) is 10.1. The molecule has 0 aliphatic heterocycles. The Balaban J connectivity index is 1.84. The zero-order valence-electron chi connectivity index (χ0n) is 16.1. The lowest BCUT2D eigenvalue weighted by atomic mass is 10.0. The van der Waals surface area contributed by atoms with Crippen LogP contribution in [0.3, 0.4) is 0 Å². The number of esters is 1.